The summed E-state index contributed by atoms with van der Waals surface area (Å²) in [5.41, 5.74) is -1.32. The number of amides is 3. The second-order valence-electron chi connectivity index (χ2n) is 6.61. The Hall–Kier alpha value is -2.80. The molecule has 1 unspecified atom stereocenters. The van der Waals surface area contributed by atoms with Gasteiger partial charge in [0, 0.05) is 19.8 Å². The van der Waals surface area contributed by atoms with E-state index in [-0.39, 0.29) is 5.69 Å². The molecular weight excluding hydrogens is 527 g/mol. The number of nitrogens with zero attached hydrogens (tertiary/aromatic N) is 2. The van der Waals surface area contributed by atoms with Crippen LogP contribution < -0.4 is 9.64 Å². The first-order valence-electron chi connectivity index (χ1n) is 8.75. The largest absolute Gasteiger partial charge is 0.439 e. The van der Waals surface area contributed by atoms with Gasteiger partial charge >= 0.3 is 18.3 Å². The summed E-state index contributed by atoms with van der Waals surface area (Å²) in [5.74, 6) is -5.08. The summed E-state index contributed by atoms with van der Waals surface area (Å²) in [7, 11) is 1.91. The standard InChI is InChI=1S/C19H12Cl2F8N2O3/c1-30(17(33)31(2)15(32)13-11(22)4-3-5-12(13)23)8-6-9(20)14(10(21)7-8)34-19(28,29)16(24)18(25,26)27/h3-7,16H,1-2H3. The average Bonchev–Trinajstić information content (AvgIpc) is 2.73. The van der Waals surface area contributed by atoms with Gasteiger partial charge < -0.3 is 4.74 Å². The van der Waals surface area contributed by atoms with Gasteiger partial charge in [0.15, 0.2) is 5.75 Å². The number of ether oxygens (including phenoxy) is 1. The van der Waals surface area contributed by atoms with Gasteiger partial charge in [-0.15, -0.1) is 0 Å². The van der Waals surface area contributed by atoms with E-state index >= 15 is 0 Å². The Morgan fingerprint density at radius 1 is 0.971 bits per heavy atom. The lowest BCUT2D eigenvalue weighted by Gasteiger charge is -2.26. The van der Waals surface area contributed by atoms with Gasteiger partial charge in [0.05, 0.1) is 10.0 Å². The van der Waals surface area contributed by atoms with Crippen LogP contribution in [0, 0.1) is 11.6 Å². The van der Waals surface area contributed by atoms with Crippen molar-refractivity contribution in [1.82, 2.24) is 4.90 Å². The minimum Gasteiger partial charge on any atom is -0.427 e. The third kappa shape index (κ3) is 5.63. The van der Waals surface area contributed by atoms with E-state index in [0.717, 1.165) is 44.4 Å². The Kier molecular flexibility index (Phi) is 7.93. The van der Waals surface area contributed by atoms with E-state index < -0.39 is 63.4 Å². The molecule has 0 saturated heterocycles. The van der Waals surface area contributed by atoms with Gasteiger partial charge in [-0.2, -0.15) is 22.0 Å². The number of hydrogen-bond acceptors (Lipinski definition) is 3. The Labute approximate surface area is 196 Å². The maximum atomic E-state index is 13.8. The van der Waals surface area contributed by atoms with Crippen molar-refractivity contribution in [3.8, 4) is 5.75 Å². The van der Waals surface area contributed by atoms with Crippen LogP contribution in [0.3, 0.4) is 0 Å². The maximum Gasteiger partial charge on any atom is 0.439 e. The fourth-order valence-corrected chi connectivity index (χ4v) is 3.06. The molecule has 186 valence electrons. The van der Waals surface area contributed by atoms with Gasteiger partial charge in [-0.3, -0.25) is 14.6 Å². The number of imide groups is 1. The van der Waals surface area contributed by atoms with Crippen molar-refractivity contribution in [3.05, 3.63) is 57.6 Å². The summed E-state index contributed by atoms with van der Waals surface area (Å²) in [6.45, 7) is 0. The molecule has 5 nitrogen and oxygen atoms in total. The Morgan fingerprint density at radius 2 is 1.44 bits per heavy atom. The normalized spacial score (nSPS) is 12.8. The number of halogens is 10. The lowest BCUT2D eigenvalue weighted by Crippen LogP contribution is -2.45. The molecular formula is C19H12Cl2F8N2O3. The summed E-state index contributed by atoms with van der Waals surface area (Å²) in [6, 6.07) is 2.84. The molecule has 3 amide bonds. The summed E-state index contributed by atoms with van der Waals surface area (Å²) in [4.78, 5) is 25.9. The summed E-state index contributed by atoms with van der Waals surface area (Å²) in [5, 5.41) is -1.68. The van der Waals surface area contributed by atoms with Crippen molar-refractivity contribution < 1.29 is 49.4 Å². The van der Waals surface area contributed by atoms with E-state index in [0.29, 0.717) is 9.80 Å². The van der Waals surface area contributed by atoms with Gasteiger partial charge in [0.2, 0.25) is 0 Å². The molecule has 0 aliphatic rings. The van der Waals surface area contributed by atoms with E-state index in [2.05, 4.69) is 4.74 Å². The molecule has 0 aliphatic carbocycles. The SMILES string of the molecule is CN(C(=O)c1c(F)cccc1F)C(=O)N(C)c1cc(Cl)c(OC(F)(F)C(F)C(F)(F)F)c(Cl)c1. The molecule has 0 spiro atoms. The zero-order valence-corrected chi connectivity index (χ0v) is 18.4. The van der Waals surface area contributed by atoms with E-state index in [4.69, 9.17) is 23.2 Å². The number of rotatable bonds is 5. The Morgan fingerprint density at radius 3 is 1.88 bits per heavy atom. The Balaban J connectivity index is 2.31. The molecule has 15 heteroatoms. The van der Waals surface area contributed by atoms with E-state index in [1.807, 2.05) is 0 Å². The Bertz CT molecular complexity index is 1070. The zero-order valence-electron chi connectivity index (χ0n) is 16.9. The molecule has 1 atom stereocenters. The number of carbonyl (C=O) groups excluding carboxylic acids is 2. The minimum atomic E-state index is -5.95. The lowest BCUT2D eigenvalue weighted by atomic mass is 10.1. The summed E-state index contributed by atoms with van der Waals surface area (Å²) >= 11 is 11.4. The number of hydrogen-bond donors (Lipinski definition) is 0. The van der Waals surface area contributed by atoms with Crippen molar-refractivity contribution in [2.24, 2.45) is 0 Å². The van der Waals surface area contributed by atoms with Crippen LogP contribution in [-0.4, -0.2) is 49.4 Å². The van der Waals surface area contributed by atoms with Crippen LogP contribution in [0.1, 0.15) is 10.4 Å². The lowest BCUT2D eigenvalue weighted by molar-refractivity contribution is -0.304. The van der Waals surface area contributed by atoms with Crippen molar-refractivity contribution in [3.63, 3.8) is 0 Å². The number of urea groups is 1. The molecule has 2 aromatic rings. The summed E-state index contributed by atoms with van der Waals surface area (Å²) in [6.07, 6.45) is -16.1. The number of carbonyl (C=O) groups is 2. The van der Waals surface area contributed by atoms with Crippen LogP contribution in [0.4, 0.5) is 45.6 Å². The molecule has 0 fully saturated rings. The second-order valence-corrected chi connectivity index (χ2v) is 7.42. The van der Waals surface area contributed by atoms with Crippen LogP contribution in [0.5, 0.6) is 5.75 Å². The first-order chi connectivity index (χ1) is 15.5. The smallest absolute Gasteiger partial charge is 0.427 e. The van der Waals surface area contributed by atoms with Gasteiger partial charge in [0.25, 0.3) is 12.1 Å². The number of anilines is 1. The van der Waals surface area contributed by atoms with Gasteiger partial charge in [0.1, 0.15) is 17.2 Å². The predicted molar refractivity (Wildman–Crippen MR) is 105 cm³/mol. The van der Waals surface area contributed by atoms with Crippen LogP contribution in [0.15, 0.2) is 30.3 Å². The van der Waals surface area contributed by atoms with Gasteiger partial charge in [-0.25, -0.2) is 18.0 Å². The van der Waals surface area contributed by atoms with Crippen LogP contribution in [0.25, 0.3) is 0 Å². The topological polar surface area (TPSA) is 49.9 Å². The third-order valence-electron chi connectivity index (χ3n) is 4.25. The molecule has 0 heterocycles. The van der Waals surface area contributed by atoms with E-state index in [1.165, 1.54) is 0 Å². The highest BCUT2D eigenvalue weighted by atomic mass is 35.5. The van der Waals surface area contributed by atoms with Crippen molar-refractivity contribution in [2.75, 3.05) is 19.0 Å². The molecule has 34 heavy (non-hydrogen) atoms. The zero-order chi connectivity index (χ0) is 26.2. The quantitative estimate of drug-likeness (QED) is 0.410. The third-order valence-corrected chi connectivity index (χ3v) is 4.81. The highest BCUT2D eigenvalue weighted by Crippen LogP contribution is 2.43. The fourth-order valence-electron chi connectivity index (χ4n) is 2.51. The predicted octanol–water partition coefficient (Wildman–Crippen LogP) is 6.47. The molecule has 0 radical (unpaired) electrons. The van der Waals surface area contributed by atoms with Crippen molar-refractivity contribution in [1.29, 1.82) is 0 Å². The maximum absolute atomic E-state index is 13.8. The van der Waals surface area contributed by atoms with E-state index in [1.54, 1.807) is 0 Å². The van der Waals surface area contributed by atoms with Gasteiger partial charge in [-0.1, -0.05) is 29.3 Å². The molecule has 2 aromatic carbocycles. The van der Waals surface area contributed by atoms with E-state index in [9.17, 15) is 44.7 Å². The van der Waals surface area contributed by atoms with Gasteiger partial charge in [-0.05, 0) is 24.3 Å². The minimum absolute atomic E-state index is 0.294. The second kappa shape index (κ2) is 9.82. The summed E-state index contributed by atoms with van der Waals surface area (Å²) < 4.78 is 109. The molecule has 0 aliphatic heterocycles. The fraction of sp³-hybridized carbons (Fsp3) is 0.263. The first kappa shape index (κ1) is 27.4. The molecule has 2 rings (SSSR count). The number of benzene rings is 2. The highest BCUT2D eigenvalue weighted by Gasteiger charge is 2.59. The number of alkyl halides is 6. The van der Waals surface area contributed by atoms with Crippen molar-refractivity contribution in [2.45, 2.75) is 18.5 Å². The molecule has 0 saturated carbocycles. The monoisotopic (exact) mass is 538 g/mol. The van der Waals surface area contributed by atoms with Crippen molar-refractivity contribution >= 4 is 40.8 Å². The van der Waals surface area contributed by atoms with Crippen LogP contribution in [-0.2, 0) is 0 Å². The molecule has 0 aromatic heterocycles. The molecule has 0 N–H and O–H groups in total. The molecule has 0 bridgehead atoms. The average molecular weight is 539 g/mol. The van der Waals surface area contributed by atoms with Crippen LogP contribution >= 0.6 is 23.2 Å². The highest BCUT2D eigenvalue weighted by molar-refractivity contribution is 6.37. The first-order valence-corrected chi connectivity index (χ1v) is 9.51. The van der Waals surface area contributed by atoms with Crippen LogP contribution in [0.2, 0.25) is 10.0 Å².